The number of phenolic OH excluding ortho intramolecular Hbond substituents is 1. The Balaban J connectivity index is 1.38. The maximum atomic E-state index is 9.34. The molecule has 0 bridgehead atoms. The van der Waals surface area contributed by atoms with E-state index in [0.29, 0.717) is 0 Å². The Hall–Kier alpha value is -3.19. The zero-order valence-electron chi connectivity index (χ0n) is 15.6. The third-order valence-corrected chi connectivity index (χ3v) is 4.70. The summed E-state index contributed by atoms with van der Waals surface area (Å²) in [7, 11) is 0. The minimum Gasteiger partial charge on any atom is -0.508 e. The lowest BCUT2D eigenvalue weighted by Gasteiger charge is -2.27. The number of nitrogens with one attached hydrogen (secondary N) is 1. The maximum absolute atomic E-state index is 9.34. The topological polar surface area (TPSA) is 83.4 Å². The van der Waals surface area contributed by atoms with Crippen LogP contribution in [-0.4, -0.2) is 52.9 Å². The molecule has 4 rings (SSSR count). The summed E-state index contributed by atoms with van der Waals surface area (Å²) in [4.78, 5) is 15.5. The number of aromatic nitrogens is 3. The summed E-state index contributed by atoms with van der Waals surface area (Å²) in [6, 6.07) is 13.2. The maximum Gasteiger partial charge on any atom is 0.129 e. The summed E-state index contributed by atoms with van der Waals surface area (Å²) in [5.74, 6) is 2.03. The number of ether oxygens (including phenoxy) is 1. The van der Waals surface area contributed by atoms with Crippen LogP contribution >= 0.6 is 0 Å². The molecule has 0 radical (unpaired) electrons. The van der Waals surface area contributed by atoms with E-state index in [4.69, 9.17) is 4.74 Å². The molecular weight excluding hydrogens is 354 g/mol. The van der Waals surface area contributed by atoms with Crippen molar-refractivity contribution in [1.82, 2.24) is 15.0 Å². The van der Waals surface area contributed by atoms with Gasteiger partial charge in [-0.05, 0) is 36.2 Å². The highest BCUT2D eigenvalue weighted by atomic mass is 16.5. The zero-order valence-corrected chi connectivity index (χ0v) is 15.6. The Bertz CT molecular complexity index is 893. The van der Waals surface area contributed by atoms with E-state index in [2.05, 4.69) is 25.2 Å². The molecule has 0 saturated carbocycles. The molecule has 3 heterocycles. The summed E-state index contributed by atoms with van der Waals surface area (Å²) < 4.78 is 5.39. The summed E-state index contributed by atoms with van der Waals surface area (Å²) in [5, 5.41) is 12.7. The van der Waals surface area contributed by atoms with Crippen LogP contribution in [0.5, 0.6) is 5.75 Å². The fourth-order valence-electron chi connectivity index (χ4n) is 3.13. The fourth-order valence-corrected chi connectivity index (χ4v) is 3.13. The molecule has 7 heteroatoms. The first kappa shape index (κ1) is 18.2. The third-order valence-electron chi connectivity index (χ3n) is 4.70. The highest BCUT2D eigenvalue weighted by Gasteiger charge is 2.12. The predicted octanol–water partition coefficient (Wildman–Crippen LogP) is 2.74. The third kappa shape index (κ3) is 4.55. The summed E-state index contributed by atoms with van der Waals surface area (Å²) in [6.07, 6.45) is 4.26. The Labute approximate surface area is 164 Å². The molecule has 0 amide bonds. The van der Waals surface area contributed by atoms with Gasteiger partial charge < -0.3 is 20.1 Å². The molecule has 1 aromatic carbocycles. The number of morpholine rings is 1. The molecule has 0 unspecified atom stereocenters. The number of pyridine rings is 1. The Morgan fingerprint density at radius 2 is 1.82 bits per heavy atom. The second-order valence-corrected chi connectivity index (χ2v) is 6.64. The van der Waals surface area contributed by atoms with E-state index in [9.17, 15) is 5.11 Å². The number of benzene rings is 1. The Morgan fingerprint density at radius 1 is 1.00 bits per heavy atom. The number of nitrogens with zero attached hydrogens (tertiary/aromatic N) is 4. The first-order chi connectivity index (χ1) is 13.8. The van der Waals surface area contributed by atoms with Gasteiger partial charge >= 0.3 is 0 Å². The molecule has 1 aliphatic heterocycles. The molecule has 1 saturated heterocycles. The molecule has 28 heavy (non-hydrogen) atoms. The molecule has 1 fully saturated rings. The number of anilines is 2. The highest BCUT2D eigenvalue weighted by Crippen LogP contribution is 2.21. The molecule has 2 N–H and O–H groups in total. The number of hydrogen-bond acceptors (Lipinski definition) is 7. The van der Waals surface area contributed by atoms with E-state index in [1.807, 2.05) is 36.5 Å². The van der Waals surface area contributed by atoms with Gasteiger partial charge in [-0.25, -0.2) is 15.0 Å². The van der Waals surface area contributed by atoms with Crippen LogP contribution in [0.25, 0.3) is 11.3 Å². The van der Waals surface area contributed by atoms with E-state index in [1.165, 1.54) is 0 Å². The minimum atomic E-state index is 0.283. The lowest BCUT2D eigenvalue weighted by Crippen LogP contribution is -2.36. The van der Waals surface area contributed by atoms with Crippen molar-refractivity contribution in [2.24, 2.45) is 0 Å². The van der Waals surface area contributed by atoms with Crippen LogP contribution in [0.1, 0.15) is 5.56 Å². The van der Waals surface area contributed by atoms with Crippen molar-refractivity contribution in [2.45, 2.75) is 6.42 Å². The van der Waals surface area contributed by atoms with E-state index in [1.54, 1.807) is 18.5 Å². The first-order valence-corrected chi connectivity index (χ1v) is 9.41. The number of hydrogen-bond donors (Lipinski definition) is 2. The van der Waals surface area contributed by atoms with Crippen molar-refractivity contribution in [1.29, 1.82) is 0 Å². The van der Waals surface area contributed by atoms with Crippen molar-refractivity contribution >= 4 is 11.6 Å². The van der Waals surface area contributed by atoms with Crippen molar-refractivity contribution in [2.75, 3.05) is 43.1 Å². The van der Waals surface area contributed by atoms with Gasteiger partial charge in [-0.2, -0.15) is 0 Å². The van der Waals surface area contributed by atoms with E-state index in [-0.39, 0.29) is 5.75 Å². The molecule has 2 aromatic heterocycles. The van der Waals surface area contributed by atoms with Gasteiger partial charge in [-0.3, -0.25) is 0 Å². The molecule has 1 aliphatic rings. The van der Waals surface area contributed by atoms with Gasteiger partial charge in [0.1, 0.15) is 23.7 Å². The van der Waals surface area contributed by atoms with Gasteiger partial charge in [0.15, 0.2) is 0 Å². The molecule has 3 aromatic rings. The molecule has 0 spiro atoms. The molecule has 7 nitrogen and oxygen atoms in total. The van der Waals surface area contributed by atoms with Crippen LogP contribution in [0.2, 0.25) is 0 Å². The smallest absolute Gasteiger partial charge is 0.129 e. The average molecular weight is 377 g/mol. The monoisotopic (exact) mass is 377 g/mol. The van der Waals surface area contributed by atoms with Crippen LogP contribution in [0.4, 0.5) is 11.6 Å². The van der Waals surface area contributed by atoms with E-state index < -0.39 is 0 Å². The van der Waals surface area contributed by atoms with E-state index >= 15 is 0 Å². The van der Waals surface area contributed by atoms with Crippen LogP contribution in [0.3, 0.4) is 0 Å². The van der Waals surface area contributed by atoms with E-state index in [0.717, 1.165) is 67.7 Å². The molecule has 0 aliphatic carbocycles. The van der Waals surface area contributed by atoms with Crippen molar-refractivity contribution in [3.05, 3.63) is 60.6 Å². The van der Waals surface area contributed by atoms with Crippen molar-refractivity contribution < 1.29 is 9.84 Å². The molecular formula is C21H23N5O2. The number of rotatable bonds is 6. The summed E-state index contributed by atoms with van der Waals surface area (Å²) >= 11 is 0. The van der Waals surface area contributed by atoms with Crippen LogP contribution in [0, 0.1) is 0 Å². The Kier molecular flexibility index (Phi) is 5.63. The van der Waals surface area contributed by atoms with Crippen LogP contribution < -0.4 is 10.2 Å². The fraction of sp³-hybridized carbons (Fsp3) is 0.286. The number of aromatic hydroxyl groups is 1. The minimum absolute atomic E-state index is 0.283. The van der Waals surface area contributed by atoms with Gasteiger partial charge in [-0.15, -0.1) is 0 Å². The van der Waals surface area contributed by atoms with Gasteiger partial charge in [0.2, 0.25) is 0 Å². The first-order valence-electron chi connectivity index (χ1n) is 9.41. The van der Waals surface area contributed by atoms with Gasteiger partial charge in [-0.1, -0.05) is 12.1 Å². The normalized spacial score (nSPS) is 14.1. The Morgan fingerprint density at radius 3 is 2.57 bits per heavy atom. The van der Waals surface area contributed by atoms with Crippen molar-refractivity contribution in [3.63, 3.8) is 0 Å². The lowest BCUT2D eigenvalue weighted by molar-refractivity contribution is 0.122. The van der Waals surface area contributed by atoms with Crippen LogP contribution in [0.15, 0.2) is 55.0 Å². The second kappa shape index (κ2) is 8.67. The zero-order chi connectivity index (χ0) is 19.2. The van der Waals surface area contributed by atoms with Crippen molar-refractivity contribution in [3.8, 4) is 17.0 Å². The molecule has 144 valence electrons. The molecule has 0 atom stereocenters. The highest BCUT2D eigenvalue weighted by molar-refractivity contribution is 5.62. The largest absolute Gasteiger partial charge is 0.508 e. The van der Waals surface area contributed by atoms with Gasteiger partial charge in [0.25, 0.3) is 0 Å². The lowest BCUT2D eigenvalue weighted by atomic mass is 10.1. The predicted molar refractivity (Wildman–Crippen MR) is 109 cm³/mol. The van der Waals surface area contributed by atoms with Gasteiger partial charge in [0, 0.05) is 37.5 Å². The van der Waals surface area contributed by atoms with Gasteiger partial charge in [0.05, 0.1) is 18.9 Å². The SMILES string of the molecule is Oc1ccc(CCNc2cc(-c3ccc(N4CCOCC4)nc3)ncn2)cc1. The second-order valence-electron chi connectivity index (χ2n) is 6.64. The van der Waals surface area contributed by atoms with Crippen LogP contribution in [-0.2, 0) is 11.2 Å². The summed E-state index contributed by atoms with van der Waals surface area (Å²) in [5.41, 5.74) is 2.95. The standard InChI is InChI=1S/C21H23N5O2/c27-18-4-1-16(2-5-18)7-8-22-20-13-19(24-15-25-20)17-3-6-21(23-14-17)26-9-11-28-12-10-26/h1-6,13-15,27H,7-12H2,(H,22,24,25). The number of phenols is 1. The average Bonchev–Trinajstić information content (AvgIpc) is 2.76. The quantitative estimate of drug-likeness (QED) is 0.683. The summed E-state index contributed by atoms with van der Waals surface area (Å²) in [6.45, 7) is 3.97.